The molecule has 0 aliphatic rings. The molecule has 1 aromatic carbocycles. The van der Waals surface area contributed by atoms with E-state index in [-0.39, 0.29) is 21.4 Å². The van der Waals surface area contributed by atoms with E-state index in [4.69, 9.17) is 38.8 Å². The molecule has 148 valence electrons. The first kappa shape index (κ1) is 21.1. The van der Waals surface area contributed by atoms with Crippen LogP contribution in [0.2, 0.25) is 10.0 Å². The molecule has 1 heterocycles. The van der Waals surface area contributed by atoms with Crippen molar-refractivity contribution in [3.63, 3.8) is 0 Å². The van der Waals surface area contributed by atoms with Gasteiger partial charge in [-0.1, -0.05) is 23.2 Å². The van der Waals surface area contributed by atoms with Gasteiger partial charge in [0, 0.05) is 5.56 Å². The Morgan fingerprint density at radius 1 is 1.07 bits per heavy atom. The number of hydrogen-bond donors (Lipinski definition) is 5. The fourth-order valence-corrected chi connectivity index (χ4v) is 2.96. The predicted octanol–water partition coefficient (Wildman–Crippen LogP) is 2.18. The molecule has 0 amide bonds. The molecule has 0 saturated heterocycles. The van der Waals surface area contributed by atoms with Crippen LogP contribution in [0, 0.1) is 0 Å². The number of halogens is 2. The van der Waals surface area contributed by atoms with Crippen LogP contribution < -0.4 is 16.0 Å². The van der Waals surface area contributed by atoms with E-state index in [1.807, 2.05) is 4.98 Å². The summed E-state index contributed by atoms with van der Waals surface area (Å²) in [7, 11) is 0. The van der Waals surface area contributed by atoms with Crippen LogP contribution in [0.4, 0.5) is 5.82 Å². The molecule has 0 fully saturated rings. The van der Waals surface area contributed by atoms with E-state index in [2.05, 4.69) is 0 Å². The number of pyridine rings is 1. The highest BCUT2D eigenvalue weighted by Gasteiger charge is 2.28. The molecule has 6 N–H and O–H groups in total. The lowest BCUT2D eigenvalue weighted by Crippen LogP contribution is -2.24. The molecular formula is C16H12Cl2N2O8. The van der Waals surface area contributed by atoms with Crippen LogP contribution in [0.25, 0.3) is 11.1 Å². The Morgan fingerprint density at radius 3 is 2.00 bits per heavy atom. The molecule has 1 atom stereocenters. The summed E-state index contributed by atoms with van der Waals surface area (Å²) < 4.78 is 5.14. The Kier molecular flexibility index (Phi) is 5.86. The van der Waals surface area contributed by atoms with E-state index in [0.29, 0.717) is 0 Å². The van der Waals surface area contributed by atoms with Gasteiger partial charge in [-0.2, -0.15) is 0 Å². The monoisotopic (exact) mass is 430 g/mol. The Labute approximate surface area is 166 Å². The Balaban J connectivity index is 2.82. The zero-order valence-corrected chi connectivity index (χ0v) is 15.5. The number of carboxylic acids is 3. The van der Waals surface area contributed by atoms with Crippen molar-refractivity contribution < 1.29 is 34.4 Å². The third kappa shape index (κ3) is 3.87. The molecule has 2 rings (SSSR count). The number of nitrogens with two attached hydrogens (primary N) is 1. The van der Waals surface area contributed by atoms with Crippen molar-refractivity contribution in [3.8, 4) is 16.9 Å². The van der Waals surface area contributed by atoms with Crippen molar-refractivity contribution in [2.75, 3.05) is 5.73 Å². The van der Waals surface area contributed by atoms with Gasteiger partial charge in [-0.15, -0.1) is 0 Å². The van der Waals surface area contributed by atoms with Crippen molar-refractivity contribution in [2.24, 2.45) is 0 Å². The number of nitrogen functional groups attached to an aromatic ring is 1. The lowest BCUT2D eigenvalue weighted by atomic mass is 9.95. The summed E-state index contributed by atoms with van der Waals surface area (Å²) in [5.41, 5.74) is 2.22. The molecule has 0 radical (unpaired) electrons. The highest BCUT2D eigenvalue weighted by molar-refractivity contribution is 6.37. The normalized spacial score (nSPS) is 11.7. The SMILES string of the molecule is CC(Oc1c(Cl)cc(-c2c(C(=O)O)c(N)[nH]c(=O)c2C(=O)O)cc1Cl)C(=O)O. The van der Waals surface area contributed by atoms with Crippen LogP contribution >= 0.6 is 23.2 Å². The number of carbonyl (C=O) groups is 3. The number of hydrogen-bond acceptors (Lipinski definition) is 6. The zero-order chi connectivity index (χ0) is 21.3. The van der Waals surface area contributed by atoms with E-state index in [0.717, 1.165) is 12.1 Å². The Hall–Kier alpha value is -3.24. The fraction of sp³-hybridized carbons (Fsp3) is 0.125. The van der Waals surface area contributed by atoms with Crippen LogP contribution in [-0.2, 0) is 4.79 Å². The Morgan fingerprint density at radius 2 is 1.57 bits per heavy atom. The quantitative estimate of drug-likeness (QED) is 0.458. The number of anilines is 1. The van der Waals surface area contributed by atoms with Crippen molar-refractivity contribution in [3.05, 3.63) is 43.7 Å². The number of carboxylic acid groups (broad SMARTS) is 3. The largest absolute Gasteiger partial charge is 0.479 e. The summed E-state index contributed by atoms with van der Waals surface area (Å²) in [6.07, 6.45) is -1.31. The molecule has 2 aromatic rings. The second-order valence-electron chi connectivity index (χ2n) is 5.47. The van der Waals surface area contributed by atoms with Gasteiger partial charge in [0.05, 0.1) is 10.0 Å². The van der Waals surface area contributed by atoms with E-state index in [1.54, 1.807) is 0 Å². The van der Waals surface area contributed by atoms with Crippen molar-refractivity contribution in [2.45, 2.75) is 13.0 Å². The maximum absolute atomic E-state index is 12.0. The van der Waals surface area contributed by atoms with Crippen LogP contribution in [0.5, 0.6) is 5.75 Å². The third-order valence-electron chi connectivity index (χ3n) is 3.60. The average Bonchev–Trinajstić information content (AvgIpc) is 2.55. The Bertz CT molecular complexity index is 1040. The highest BCUT2D eigenvalue weighted by Crippen LogP contribution is 2.40. The van der Waals surface area contributed by atoms with Crippen LogP contribution in [0.3, 0.4) is 0 Å². The van der Waals surface area contributed by atoms with E-state index >= 15 is 0 Å². The van der Waals surface area contributed by atoms with Gasteiger partial charge < -0.3 is 30.8 Å². The summed E-state index contributed by atoms with van der Waals surface area (Å²) in [6, 6.07) is 2.18. The second kappa shape index (κ2) is 7.79. The van der Waals surface area contributed by atoms with Crippen LogP contribution in [0.15, 0.2) is 16.9 Å². The molecule has 28 heavy (non-hydrogen) atoms. The molecule has 0 spiro atoms. The van der Waals surface area contributed by atoms with Gasteiger partial charge in [-0.3, -0.25) is 4.79 Å². The average molecular weight is 431 g/mol. The minimum absolute atomic E-state index is 0.141. The van der Waals surface area contributed by atoms with Crippen LogP contribution in [0.1, 0.15) is 27.6 Å². The molecule has 1 aromatic heterocycles. The number of aliphatic carboxylic acids is 1. The maximum Gasteiger partial charge on any atom is 0.344 e. The highest BCUT2D eigenvalue weighted by atomic mass is 35.5. The number of benzene rings is 1. The van der Waals surface area contributed by atoms with Gasteiger partial charge >= 0.3 is 17.9 Å². The number of nitrogens with one attached hydrogen (secondary N) is 1. The van der Waals surface area contributed by atoms with E-state index in [9.17, 15) is 29.4 Å². The van der Waals surface area contributed by atoms with Gasteiger partial charge in [0.1, 0.15) is 16.9 Å². The fourth-order valence-electron chi connectivity index (χ4n) is 2.38. The van der Waals surface area contributed by atoms with E-state index < -0.39 is 52.1 Å². The molecule has 0 saturated carbocycles. The first-order chi connectivity index (χ1) is 13.0. The first-order valence-electron chi connectivity index (χ1n) is 7.36. The van der Waals surface area contributed by atoms with Gasteiger partial charge in [0.2, 0.25) is 0 Å². The molecule has 10 nitrogen and oxygen atoms in total. The molecule has 0 aliphatic carbocycles. The number of aromatic amines is 1. The number of ether oxygens (including phenoxy) is 1. The summed E-state index contributed by atoms with van der Waals surface area (Å²) >= 11 is 12.1. The number of aromatic nitrogens is 1. The standard InChI is InChI=1S/C16H12Cl2N2O8/c1-4(14(22)23)28-11-6(17)2-5(3-7(11)18)8-9(15(24)25)12(19)20-13(21)10(8)16(26)27/h2-4H,1H3,(H,22,23)(H,24,25)(H,26,27)(H3,19,20,21). The van der Waals surface area contributed by atoms with Gasteiger partial charge in [0.25, 0.3) is 5.56 Å². The lowest BCUT2D eigenvalue weighted by Gasteiger charge is -2.16. The minimum Gasteiger partial charge on any atom is -0.479 e. The van der Waals surface area contributed by atoms with Gasteiger partial charge in [-0.05, 0) is 24.6 Å². The molecule has 1 unspecified atom stereocenters. The molecule has 12 heteroatoms. The topological polar surface area (TPSA) is 180 Å². The maximum atomic E-state index is 12.0. The third-order valence-corrected chi connectivity index (χ3v) is 4.16. The van der Waals surface area contributed by atoms with Crippen molar-refractivity contribution in [1.82, 2.24) is 4.98 Å². The number of rotatable bonds is 6. The summed E-state index contributed by atoms with van der Waals surface area (Å²) in [5, 5.41) is 27.2. The van der Waals surface area contributed by atoms with Gasteiger partial charge in [0.15, 0.2) is 11.9 Å². The number of H-pyrrole nitrogens is 1. The first-order valence-corrected chi connectivity index (χ1v) is 8.12. The summed E-state index contributed by atoms with van der Waals surface area (Å²) in [4.78, 5) is 48.1. The summed E-state index contributed by atoms with van der Waals surface area (Å²) in [5.74, 6) is -5.37. The minimum atomic E-state index is -1.70. The van der Waals surface area contributed by atoms with Crippen LogP contribution in [-0.4, -0.2) is 44.3 Å². The lowest BCUT2D eigenvalue weighted by molar-refractivity contribution is -0.144. The smallest absolute Gasteiger partial charge is 0.344 e. The van der Waals surface area contributed by atoms with Crippen molar-refractivity contribution in [1.29, 1.82) is 0 Å². The predicted molar refractivity (Wildman–Crippen MR) is 98.6 cm³/mol. The zero-order valence-electron chi connectivity index (χ0n) is 13.9. The molecule has 0 bridgehead atoms. The second-order valence-corrected chi connectivity index (χ2v) is 6.28. The van der Waals surface area contributed by atoms with Gasteiger partial charge in [-0.25, -0.2) is 14.4 Å². The summed E-state index contributed by atoms with van der Waals surface area (Å²) in [6.45, 7) is 1.23. The molecular weight excluding hydrogens is 419 g/mol. The number of aromatic carboxylic acids is 2. The van der Waals surface area contributed by atoms with Crippen molar-refractivity contribution >= 4 is 46.9 Å². The molecule has 0 aliphatic heterocycles. The van der Waals surface area contributed by atoms with E-state index in [1.165, 1.54) is 6.92 Å².